The van der Waals surface area contributed by atoms with E-state index >= 15 is 0 Å². The SMILES string of the molecule is Cc1cc(OC2CCC(=O)C2)ccc1Br. The number of Topliss-reactive ketones (excluding diaryl/α,β-unsaturated/α-hetero) is 1. The van der Waals surface area contributed by atoms with Crippen molar-refractivity contribution in [2.24, 2.45) is 0 Å². The maximum Gasteiger partial charge on any atom is 0.136 e. The lowest BCUT2D eigenvalue weighted by molar-refractivity contribution is -0.117. The lowest BCUT2D eigenvalue weighted by Crippen LogP contribution is -2.12. The first kappa shape index (κ1) is 10.7. The number of ketones is 1. The van der Waals surface area contributed by atoms with Crippen molar-refractivity contribution in [1.82, 2.24) is 0 Å². The van der Waals surface area contributed by atoms with E-state index in [0.29, 0.717) is 18.6 Å². The fraction of sp³-hybridized carbons (Fsp3) is 0.417. The van der Waals surface area contributed by atoms with Crippen LogP contribution in [0.15, 0.2) is 22.7 Å². The minimum atomic E-state index is 0.0816. The van der Waals surface area contributed by atoms with Gasteiger partial charge in [-0.2, -0.15) is 0 Å². The number of ether oxygens (including phenoxy) is 1. The zero-order chi connectivity index (χ0) is 10.8. The van der Waals surface area contributed by atoms with Crippen LogP contribution in [0.1, 0.15) is 24.8 Å². The van der Waals surface area contributed by atoms with Gasteiger partial charge in [0, 0.05) is 17.3 Å². The highest BCUT2D eigenvalue weighted by molar-refractivity contribution is 9.10. The predicted molar refractivity (Wildman–Crippen MR) is 62.2 cm³/mol. The van der Waals surface area contributed by atoms with Crippen LogP contribution < -0.4 is 4.74 Å². The molecule has 3 heteroatoms. The topological polar surface area (TPSA) is 26.3 Å². The highest BCUT2D eigenvalue weighted by Gasteiger charge is 2.23. The maximum atomic E-state index is 11.1. The standard InChI is InChI=1S/C12H13BrO2/c1-8-6-10(4-5-12(8)13)15-11-3-2-9(14)7-11/h4-6,11H,2-3,7H2,1H3. The number of carbonyl (C=O) groups is 1. The zero-order valence-electron chi connectivity index (χ0n) is 8.63. The largest absolute Gasteiger partial charge is 0.490 e. The Bertz CT molecular complexity index is 387. The third-order valence-corrected chi connectivity index (χ3v) is 3.52. The van der Waals surface area contributed by atoms with E-state index in [2.05, 4.69) is 15.9 Å². The first-order chi connectivity index (χ1) is 7.15. The maximum absolute atomic E-state index is 11.1. The third kappa shape index (κ3) is 2.59. The minimum absolute atomic E-state index is 0.0816. The van der Waals surface area contributed by atoms with Gasteiger partial charge in [-0.05, 0) is 37.1 Å². The van der Waals surface area contributed by atoms with Gasteiger partial charge in [-0.1, -0.05) is 15.9 Å². The van der Waals surface area contributed by atoms with Crippen LogP contribution in [-0.2, 0) is 4.79 Å². The van der Waals surface area contributed by atoms with Crippen molar-refractivity contribution in [3.05, 3.63) is 28.2 Å². The van der Waals surface area contributed by atoms with Crippen molar-refractivity contribution in [2.45, 2.75) is 32.3 Å². The second-order valence-electron chi connectivity index (χ2n) is 3.93. The number of hydrogen-bond acceptors (Lipinski definition) is 2. The molecule has 0 spiro atoms. The zero-order valence-corrected chi connectivity index (χ0v) is 10.2. The minimum Gasteiger partial charge on any atom is -0.490 e. The second kappa shape index (κ2) is 4.35. The Balaban J connectivity index is 2.05. The smallest absolute Gasteiger partial charge is 0.136 e. The molecule has 15 heavy (non-hydrogen) atoms. The molecule has 80 valence electrons. The highest BCUT2D eigenvalue weighted by atomic mass is 79.9. The molecule has 1 aliphatic rings. The van der Waals surface area contributed by atoms with Crippen molar-refractivity contribution in [3.63, 3.8) is 0 Å². The van der Waals surface area contributed by atoms with Crippen molar-refractivity contribution in [2.75, 3.05) is 0 Å². The van der Waals surface area contributed by atoms with Gasteiger partial charge >= 0.3 is 0 Å². The van der Waals surface area contributed by atoms with Crippen molar-refractivity contribution >= 4 is 21.7 Å². The number of rotatable bonds is 2. The van der Waals surface area contributed by atoms with Crippen LogP contribution in [0.3, 0.4) is 0 Å². The molecule has 0 aromatic heterocycles. The summed E-state index contributed by atoms with van der Waals surface area (Å²) >= 11 is 3.44. The van der Waals surface area contributed by atoms with E-state index in [-0.39, 0.29) is 6.10 Å². The van der Waals surface area contributed by atoms with Crippen LogP contribution in [0, 0.1) is 6.92 Å². The summed E-state index contributed by atoms with van der Waals surface area (Å²) in [6.45, 7) is 2.02. The summed E-state index contributed by atoms with van der Waals surface area (Å²) in [5.74, 6) is 1.17. The Labute approximate surface area is 97.8 Å². The van der Waals surface area contributed by atoms with Crippen LogP contribution in [0.4, 0.5) is 0 Å². The molecular formula is C12H13BrO2. The van der Waals surface area contributed by atoms with Crippen molar-refractivity contribution in [3.8, 4) is 5.75 Å². The Morgan fingerprint density at radius 2 is 2.27 bits per heavy atom. The van der Waals surface area contributed by atoms with Gasteiger partial charge < -0.3 is 4.74 Å². The van der Waals surface area contributed by atoms with Gasteiger partial charge in [0.2, 0.25) is 0 Å². The van der Waals surface area contributed by atoms with Gasteiger partial charge in [-0.15, -0.1) is 0 Å². The summed E-state index contributed by atoms with van der Waals surface area (Å²) in [7, 11) is 0. The molecule has 0 heterocycles. The molecule has 1 atom stereocenters. The molecule has 1 aromatic rings. The Morgan fingerprint density at radius 3 is 2.87 bits per heavy atom. The van der Waals surface area contributed by atoms with Crippen molar-refractivity contribution in [1.29, 1.82) is 0 Å². The number of halogens is 1. The van der Waals surface area contributed by atoms with E-state index in [1.165, 1.54) is 0 Å². The molecule has 0 radical (unpaired) electrons. The van der Waals surface area contributed by atoms with Crippen LogP contribution in [0.2, 0.25) is 0 Å². The molecule has 0 saturated heterocycles. The Kier molecular flexibility index (Phi) is 3.10. The van der Waals surface area contributed by atoms with Gasteiger partial charge in [0.25, 0.3) is 0 Å². The quantitative estimate of drug-likeness (QED) is 0.823. The summed E-state index contributed by atoms with van der Waals surface area (Å²) in [5.41, 5.74) is 1.15. The number of carbonyl (C=O) groups excluding carboxylic acids is 1. The molecule has 2 rings (SSSR count). The Morgan fingerprint density at radius 1 is 1.47 bits per heavy atom. The van der Waals surface area contributed by atoms with Gasteiger partial charge in [-0.3, -0.25) is 4.79 Å². The first-order valence-corrected chi connectivity index (χ1v) is 5.89. The number of aryl methyl sites for hydroxylation is 1. The molecule has 1 unspecified atom stereocenters. The van der Waals surface area contributed by atoms with E-state index in [1.807, 2.05) is 25.1 Å². The predicted octanol–water partition coefficient (Wildman–Crippen LogP) is 3.26. The van der Waals surface area contributed by atoms with Crippen molar-refractivity contribution < 1.29 is 9.53 Å². The van der Waals surface area contributed by atoms with E-state index in [1.54, 1.807) is 0 Å². The second-order valence-corrected chi connectivity index (χ2v) is 4.79. The normalized spacial score (nSPS) is 20.7. The average molecular weight is 269 g/mol. The van der Waals surface area contributed by atoms with Gasteiger partial charge in [-0.25, -0.2) is 0 Å². The fourth-order valence-electron chi connectivity index (χ4n) is 1.76. The molecule has 1 aliphatic carbocycles. The summed E-state index contributed by atoms with van der Waals surface area (Å²) < 4.78 is 6.82. The van der Waals surface area contributed by atoms with Crippen LogP contribution >= 0.6 is 15.9 Å². The molecule has 1 fully saturated rings. The third-order valence-electron chi connectivity index (χ3n) is 2.63. The average Bonchev–Trinajstić information content (AvgIpc) is 2.58. The molecular weight excluding hydrogens is 256 g/mol. The van der Waals surface area contributed by atoms with E-state index < -0.39 is 0 Å². The van der Waals surface area contributed by atoms with Gasteiger partial charge in [0.05, 0.1) is 0 Å². The highest BCUT2D eigenvalue weighted by Crippen LogP contribution is 2.25. The van der Waals surface area contributed by atoms with E-state index in [4.69, 9.17) is 4.74 Å². The molecule has 0 bridgehead atoms. The molecule has 0 aliphatic heterocycles. The van der Waals surface area contributed by atoms with Crippen LogP contribution in [0.5, 0.6) is 5.75 Å². The van der Waals surface area contributed by atoms with E-state index in [0.717, 1.165) is 22.2 Å². The van der Waals surface area contributed by atoms with Gasteiger partial charge in [0.15, 0.2) is 0 Å². The number of benzene rings is 1. The monoisotopic (exact) mass is 268 g/mol. The molecule has 1 saturated carbocycles. The summed E-state index contributed by atoms with van der Waals surface area (Å²) in [6.07, 6.45) is 2.17. The fourth-order valence-corrected chi connectivity index (χ4v) is 2.01. The lowest BCUT2D eigenvalue weighted by atomic mass is 10.2. The molecule has 2 nitrogen and oxygen atoms in total. The van der Waals surface area contributed by atoms with Gasteiger partial charge in [0.1, 0.15) is 17.6 Å². The number of hydrogen-bond donors (Lipinski definition) is 0. The molecule has 1 aromatic carbocycles. The summed E-state index contributed by atoms with van der Waals surface area (Å²) in [4.78, 5) is 11.1. The first-order valence-electron chi connectivity index (χ1n) is 5.09. The molecule has 0 amide bonds. The Hall–Kier alpha value is -0.830. The van der Waals surface area contributed by atoms with Crippen LogP contribution in [0.25, 0.3) is 0 Å². The van der Waals surface area contributed by atoms with E-state index in [9.17, 15) is 4.79 Å². The summed E-state index contributed by atoms with van der Waals surface area (Å²) in [5, 5.41) is 0. The summed E-state index contributed by atoms with van der Waals surface area (Å²) in [6, 6.07) is 5.90. The van der Waals surface area contributed by atoms with Crippen LogP contribution in [-0.4, -0.2) is 11.9 Å². The lowest BCUT2D eigenvalue weighted by Gasteiger charge is -2.13. The molecule has 0 N–H and O–H groups in total.